The first-order valence-corrected chi connectivity index (χ1v) is 8.86. The number of hydrogen-bond acceptors (Lipinski definition) is 5. The molecule has 0 aliphatic rings. The van der Waals surface area contributed by atoms with Crippen LogP contribution in [0.15, 0.2) is 59.8 Å². The quantitative estimate of drug-likeness (QED) is 0.511. The van der Waals surface area contributed by atoms with E-state index in [1.807, 2.05) is 30.3 Å². The summed E-state index contributed by atoms with van der Waals surface area (Å²) in [6, 6.07) is 16.3. The van der Waals surface area contributed by atoms with E-state index in [4.69, 9.17) is 11.6 Å². The van der Waals surface area contributed by atoms with Crippen LogP contribution in [0.1, 0.15) is 0 Å². The minimum Gasteiger partial charge on any atom is -0.337 e. The van der Waals surface area contributed by atoms with E-state index in [9.17, 15) is 4.79 Å². The Bertz CT molecular complexity index is 841. The van der Waals surface area contributed by atoms with Gasteiger partial charge in [-0.3, -0.25) is 0 Å². The number of hydrogen-bond donors (Lipinski definition) is 2. The first kappa shape index (κ1) is 17.2. The summed E-state index contributed by atoms with van der Waals surface area (Å²) in [5.41, 5.74) is 1.53. The molecule has 2 aromatic carbocycles. The Labute approximate surface area is 153 Å². The SMILES string of the molecule is O=C(NCCSc1nnnn1-c1ccccc1)Nc1cccc(Cl)c1. The number of thioether (sulfide) groups is 1. The summed E-state index contributed by atoms with van der Waals surface area (Å²) < 4.78 is 1.66. The van der Waals surface area contributed by atoms with Gasteiger partial charge in [0.15, 0.2) is 0 Å². The van der Waals surface area contributed by atoms with Crippen molar-refractivity contribution >= 4 is 35.1 Å². The van der Waals surface area contributed by atoms with Crippen LogP contribution in [0.25, 0.3) is 5.69 Å². The number of carbonyl (C=O) groups is 1. The van der Waals surface area contributed by atoms with Crippen LogP contribution in [0.2, 0.25) is 5.02 Å². The highest BCUT2D eigenvalue weighted by Crippen LogP contribution is 2.17. The second-order valence-corrected chi connectivity index (χ2v) is 6.45. The highest BCUT2D eigenvalue weighted by Gasteiger charge is 2.08. The number of tetrazole rings is 1. The zero-order valence-corrected chi connectivity index (χ0v) is 14.7. The monoisotopic (exact) mass is 374 g/mol. The van der Waals surface area contributed by atoms with Gasteiger partial charge < -0.3 is 10.6 Å². The van der Waals surface area contributed by atoms with Crippen LogP contribution < -0.4 is 10.6 Å². The third-order valence-corrected chi connectivity index (χ3v) is 4.30. The van der Waals surface area contributed by atoms with Gasteiger partial charge >= 0.3 is 6.03 Å². The van der Waals surface area contributed by atoms with Gasteiger partial charge in [-0.1, -0.05) is 47.6 Å². The topological polar surface area (TPSA) is 84.7 Å². The van der Waals surface area contributed by atoms with Gasteiger partial charge in [0.1, 0.15) is 0 Å². The number of nitrogens with zero attached hydrogens (tertiary/aromatic N) is 4. The Balaban J connectivity index is 1.46. The molecule has 0 fully saturated rings. The molecule has 0 bridgehead atoms. The van der Waals surface area contributed by atoms with E-state index in [-0.39, 0.29) is 6.03 Å². The molecule has 3 aromatic rings. The van der Waals surface area contributed by atoms with E-state index >= 15 is 0 Å². The number of rotatable bonds is 6. The normalized spacial score (nSPS) is 10.4. The van der Waals surface area contributed by atoms with Crippen LogP contribution >= 0.6 is 23.4 Å². The van der Waals surface area contributed by atoms with Crippen molar-refractivity contribution in [2.45, 2.75) is 5.16 Å². The van der Waals surface area contributed by atoms with Crippen LogP contribution in [0.5, 0.6) is 0 Å². The molecular formula is C16H15ClN6OS. The van der Waals surface area contributed by atoms with E-state index in [1.165, 1.54) is 11.8 Å². The smallest absolute Gasteiger partial charge is 0.319 e. The van der Waals surface area contributed by atoms with Crippen molar-refractivity contribution in [3.05, 3.63) is 59.6 Å². The van der Waals surface area contributed by atoms with Crippen LogP contribution in [-0.2, 0) is 0 Å². The first-order chi connectivity index (χ1) is 12.2. The molecule has 0 unspecified atom stereocenters. The average molecular weight is 375 g/mol. The maximum Gasteiger partial charge on any atom is 0.319 e. The molecule has 1 aromatic heterocycles. The zero-order valence-electron chi connectivity index (χ0n) is 13.1. The van der Waals surface area contributed by atoms with Gasteiger partial charge in [-0.15, -0.1) is 5.10 Å². The lowest BCUT2D eigenvalue weighted by atomic mass is 10.3. The summed E-state index contributed by atoms with van der Waals surface area (Å²) in [5, 5.41) is 18.4. The zero-order chi connectivity index (χ0) is 17.5. The third kappa shape index (κ3) is 4.94. The van der Waals surface area contributed by atoms with Gasteiger partial charge in [0.2, 0.25) is 5.16 Å². The lowest BCUT2D eigenvalue weighted by Gasteiger charge is -2.08. The number of amides is 2. The molecule has 3 rings (SSSR count). The van der Waals surface area contributed by atoms with Gasteiger partial charge in [0, 0.05) is 23.0 Å². The number of urea groups is 1. The van der Waals surface area contributed by atoms with Gasteiger partial charge in [-0.25, -0.2) is 4.79 Å². The molecule has 128 valence electrons. The Morgan fingerprint density at radius 2 is 2.00 bits per heavy atom. The number of nitrogens with one attached hydrogen (secondary N) is 2. The predicted molar refractivity (Wildman–Crippen MR) is 98.4 cm³/mol. The number of carbonyl (C=O) groups excluding carboxylic acids is 1. The number of benzene rings is 2. The first-order valence-electron chi connectivity index (χ1n) is 7.49. The fourth-order valence-corrected chi connectivity index (χ4v) is 2.98. The molecule has 0 aliphatic carbocycles. The summed E-state index contributed by atoms with van der Waals surface area (Å²) in [4.78, 5) is 11.9. The Kier molecular flexibility index (Phi) is 5.86. The molecule has 2 amide bonds. The summed E-state index contributed by atoms with van der Waals surface area (Å²) in [5.74, 6) is 0.635. The van der Waals surface area contributed by atoms with Crippen molar-refractivity contribution in [3.63, 3.8) is 0 Å². The van der Waals surface area contributed by atoms with Crippen molar-refractivity contribution in [1.82, 2.24) is 25.5 Å². The van der Waals surface area contributed by atoms with E-state index in [2.05, 4.69) is 26.2 Å². The number of para-hydroxylation sites is 1. The largest absolute Gasteiger partial charge is 0.337 e. The fraction of sp³-hybridized carbons (Fsp3) is 0.125. The molecule has 0 saturated heterocycles. The van der Waals surface area contributed by atoms with Gasteiger partial charge in [0.05, 0.1) is 5.69 Å². The Hall–Kier alpha value is -2.58. The maximum absolute atomic E-state index is 11.9. The van der Waals surface area contributed by atoms with Crippen LogP contribution in [0.3, 0.4) is 0 Å². The average Bonchev–Trinajstić information content (AvgIpc) is 3.08. The van der Waals surface area contributed by atoms with Crippen molar-refractivity contribution in [1.29, 1.82) is 0 Å². The van der Waals surface area contributed by atoms with Gasteiger partial charge in [0.25, 0.3) is 0 Å². The van der Waals surface area contributed by atoms with Gasteiger partial charge in [-0.2, -0.15) is 4.68 Å². The number of aromatic nitrogens is 4. The molecule has 25 heavy (non-hydrogen) atoms. The predicted octanol–water partition coefficient (Wildman–Crippen LogP) is 3.23. The second kappa shape index (κ2) is 8.50. The fourth-order valence-electron chi connectivity index (χ4n) is 2.05. The molecule has 0 aliphatic heterocycles. The van der Waals surface area contributed by atoms with E-state index < -0.39 is 0 Å². The third-order valence-electron chi connectivity index (χ3n) is 3.14. The second-order valence-electron chi connectivity index (χ2n) is 4.95. The summed E-state index contributed by atoms with van der Waals surface area (Å²) in [6.45, 7) is 0.471. The Morgan fingerprint density at radius 1 is 1.16 bits per heavy atom. The number of anilines is 1. The molecule has 0 spiro atoms. The molecule has 0 radical (unpaired) electrons. The summed E-state index contributed by atoms with van der Waals surface area (Å²) in [6.07, 6.45) is 0. The lowest BCUT2D eigenvalue weighted by molar-refractivity contribution is 0.252. The van der Waals surface area contributed by atoms with Crippen LogP contribution in [0.4, 0.5) is 10.5 Å². The van der Waals surface area contributed by atoms with Crippen molar-refractivity contribution < 1.29 is 4.79 Å². The molecule has 0 atom stereocenters. The van der Waals surface area contributed by atoms with E-state index in [0.29, 0.717) is 28.2 Å². The van der Waals surface area contributed by atoms with Crippen molar-refractivity contribution in [2.75, 3.05) is 17.6 Å². The van der Waals surface area contributed by atoms with Gasteiger partial charge in [-0.05, 0) is 40.8 Å². The summed E-state index contributed by atoms with van der Waals surface area (Å²) in [7, 11) is 0. The van der Waals surface area contributed by atoms with Crippen LogP contribution in [-0.4, -0.2) is 38.5 Å². The number of halogens is 1. The standard InChI is InChI=1S/C16H15ClN6OS/c17-12-5-4-6-13(11-12)19-15(24)18-9-10-25-16-20-21-22-23(16)14-7-2-1-3-8-14/h1-8,11H,9-10H2,(H2,18,19,24). The lowest BCUT2D eigenvalue weighted by Crippen LogP contribution is -2.30. The maximum atomic E-state index is 11.9. The molecule has 9 heteroatoms. The molecule has 0 saturated carbocycles. The van der Waals surface area contributed by atoms with Crippen molar-refractivity contribution in [3.8, 4) is 5.69 Å². The molecule has 7 nitrogen and oxygen atoms in total. The highest BCUT2D eigenvalue weighted by atomic mass is 35.5. The molecule has 1 heterocycles. The minimum atomic E-state index is -0.287. The van der Waals surface area contributed by atoms with Crippen molar-refractivity contribution in [2.24, 2.45) is 0 Å². The van der Waals surface area contributed by atoms with E-state index in [0.717, 1.165) is 5.69 Å². The minimum absolute atomic E-state index is 0.287. The summed E-state index contributed by atoms with van der Waals surface area (Å²) >= 11 is 7.34. The molecular weight excluding hydrogens is 360 g/mol. The Morgan fingerprint density at radius 3 is 2.80 bits per heavy atom. The highest BCUT2D eigenvalue weighted by molar-refractivity contribution is 7.99. The molecule has 2 N–H and O–H groups in total. The van der Waals surface area contributed by atoms with Crippen LogP contribution in [0, 0.1) is 0 Å². The van der Waals surface area contributed by atoms with E-state index in [1.54, 1.807) is 28.9 Å².